The van der Waals surface area contributed by atoms with E-state index in [-0.39, 0.29) is 0 Å². The predicted molar refractivity (Wildman–Crippen MR) is 56.0 cm³/mol. The minimum Gasteiger partial charge on any atom is -0.319 e. The molecule has 1 atom stereocenters. The third-order valence-electron chi connectivity index (χ3n) is 3.17. The van der Waals surface area contributed by atoms with Crippen molar-refractivity contribution in [2.75, 3.05) is 0 Å². The summed E-state index contributed by atoms with van der Waals surface area (Å²) in [5, 5.41) is 0. The Morgan fingerprint density at radius 3 is 2.13 bits per heavy atom. The Hall–Kier alpha value is -0.960. The van der Waals surface area contributed by atoms with Crippen LogP contribution in [0.25, 0.3) is 0 Å². The first-order valence-electron chi connectivity index (χ1n) is 5.32. The van der Waals surface area contributed by atoms with Crippen LogP contribution in [-0.2, 0) is 0 Å². The highest BCUT2D eigenvalue weighted by molar-refractivity contribution is 5.28. The zero-order valence-electron chi connectivity index (χ0n) is 8.50. The number of benzene rings is 1. The number of alkyl halides is 2. The molecule has 1 aromatic rings. The fourth-order valence-electron chi connectivity index (χ4n) is 1.88. The van der Waals surface area contributed by atoms with E-state index in [4.69, 9.17) is 5.73 Å². The first-order valence-corrected chi connectivity index (χ1v) is 5.32. The average molecular weight is 211 g/mol. The molecule has 3 heteroatoms. The van der Waals surface area contributed by atoms with Gasteiger partial charge in [-0.1, -0.05) is 30.7 Å². The van der Waals surface area contributed by atoms with E-state index in [1.807, 2.05) is 12.1 Å². The van der Waals surface area contributed by atoms with Gasteiger partial charge in [-0.25, -0.2) is 8.78 Å². The summed E-state index contributed by atoms with van der Waals surface area (Å²) >= 11 is 0. The molecule has 1 unspecified atom stereocenters. The number of hydrogen-bond donors (Lipinski definition) is 1. The van der Waals surface area contributed by atoms with Crippen LogP contribution in [0.2, 0.25) is 0 Å². The molecule has 0 amide bonds. The summed E-state index contributed by atoms with van der Waals surface area (Å²) in [5.41, 5.74) is 7.14. The second-order valence-corrected chi connectivity index (χ2v) is 4.15. The van der Waals surface area contributed by atoms with E-state index in [0.717, 1.165) is 0 Å². The summed E-state index contributed by atoms with van der Waals surface area (Å²) in [6.07, 6.45) is 1.24. The van der Waals surface area contributed by atoms with Gasteiger partial charge in [0.2, 0.25) is 0 Å². The summed E-state index contributed by atoms with van der Waals surface area (Å²) in [6, 6.07) is 6.16. The van der Waals surface area contributed by atoms with E-state index in [9.17, 15) is 8.78 Å². The molecule has 15 heavy (non-hydrogen) atoms. The Kier molecular flexibility index (Phi) is 3.00. The molecule has 0 saturated heterocycles. The van der Waals surface area contributed by atoms with E-state index in [1.54, 1.807) is 12.1 Å². The van der Waals surface area contributed by atoms with E-state index < -0.39 is 12.5 Å². The minimum absolute atomic E-state index is 0.521. The van der Waals surface area contributed by atoms with E-state index in [2.05, 4.69) is 0 Å². The van der Waals surface area contributed by atoms with Gasteiger partial charge in [-0.15, -0.1) is 0 Å². The molecule has 1 fully saturated rings. The predicted octanol–water partition coefficient (Wildman–Crippen LogP) is 3.22. The highest BCUT2D eigenvalue weighted by Gasteiger charge is 2.21. The third-order valence-corrected chi connectivity index (χ3v) is 3.17. The van der Waals surface area contributed by atoms with E-state index in [1.165, 1.54) is 24.8 Å². The van der Waals surface area contributed by atoms with Crippen LogP contribution in [0.15, 0.2) is 24.3 Å². The Balaban J connectivity index is 2.09. The normalized spacial score (nSPS) is 18.9. The van der Waals surface area contributed by atoms with Gasteiger partial charge in [-0.2, -0.15) is 0 Å². The van der Waals surface area contributed by atoms with E-state index in [0.29, 0.717) is 11.5 Å². The molecule has 0 heterocycles. The number of halogens is 2. The Morgan fingerprint density at radius 1 is 1.13 bits per heavy atom. The summed E-state index contributed by atoms with van der Waals surface area (Å²) in [7, 11) is 0. The number of rotatable bonds is 3. The molecule has 82 valence electrons. The lowest BCUT2D eigenvalue weighted by Crippen LogP contribution is -2.19. The molecule has 0 aliphatic heterocycles. The van der Waals surface area contributed by atoms with Crippen molar-refractivity contribution in [1.29, 1.82) is 0 Å². The van der Waals surface area contributed by atoms with Gasteiger partial charge in [0.1, 0.15) is 0 Å². The van der Waals surface area contributed by atoms with Crippen LogP contribution in [0, 0.1) is 0 Å². The monoisotopic (exact) mass is 211 g/mol. The summed E-state index contributed by atoms with van der Waals surface area (Å²) in [6.45, 7) is 0. The van der Waals surface area contributed by atoms with Crippen LogP contribution in [-0.4, -0.2) is 6.43 Å². The van der Waals surface area contributed by atoms with Crippen LogP contribution in [0.4, 0.5) is 8.78 Å². The Morgan fingerprint density at radius 2 is 1.73 bits per heavy atom. The quantitative estimate of drug-likeness (QED) is 0.816. The largest absolute Gasteiger partial charge is 0.319 e. The molecule has 1 aromatic carbocycles. The molecule has 2 rings (SSSR count). The molecule has 1 saturated carbocycles. The van der Waals surface area contributed by atoms with Gasteiger partial charge in [0.05, 0.1) is 6.04 Å². The van der Waals surface area contributed by atoms with E-state index >= 15 is 0 Å². The van der Waals surface area contributed by atoms with Gasteiger partial charge in [-0.3, -0.25) is 0 Å². The van der Waals surface area contributed by atoms with Crippen molar-refractivity contribution in [3.05, 3.63) is 35.4 Å². The summed E-state index contributed by atoms with van der Waals surface area (Å²) in [4.78, 5) is 0. The van der Waals surface area contributed by atoms with Gasteiger partial charge in [0.25, 0.3) is 6.43 Å². The fraction of sp³-hybridized carbons (Fsp3) is 0.500. The van der Waals surface area contributed by atoms with Crippen molar-refractivity contribution in [2.45, 2.75) is 37.6 Å². The van der Waals surface area contributed by atoms with Crippen molar-refractivity contribution in [2.24, 2.45) is 5.73 Å². The lowest BCUT2D eigenvalue weighted by molar-refractivity contribution is 0.116. The lowest BCUT2D eigenvalue weighted by atomic mass is 9.80. The van der Waals surface area contributed by atoms with Crippen molar-refractivity contribution >= 4 is 0 Å². The standard InChI is InChI=1S/C12H15F2N/c13-12(14)11(15)10-6-4-9(5-7-10)8-2-1-3-8/h4-8,11-12H,1-3,15H2. The van der Waals surface area contributed by atoms with Crippen molar-refractivity contribution < 1.29 is 8.78 Å². The third kappa shape index (κ3) is 2.17. The second kappa shape index (κ2) is 4.27. The van der Waals surface area contributed by atoms with Crippen LogP contribution < -0.4 is 5.73 Å². The minimum atomic E-state index is -2.49. The van der Waals surface area contributed by atoms with Crippen LogP contribution in [0.5, 0.6) is 0 Å². The lowest BCUT2D eigenvalue weighted by Gasteiger charge is -2.26. The number of hydrogen-bond acceptors (Lipinski definition) is 1. The molecule has 2 N–H and O–H groups in total. The zero-order chi connectivity index (χ0) is 10.8. The summed E-state index contributed by atoms with van der Waals surface area (Å²) < 4.78 is 24.7. The zero-order valence-corrected chi connectivity index (χ0v) is 8.50. The Labute approximate surface area is 88.3 Å². The van der Waals surface area contributed by atoms with Crippen molar-refractivity contribution in [1.82, 2.24) is 0 Å². The molecular weight excluding hydrogens is 196 g/mol. The van der Waals surface area contributed by atoms with Gasteiger partial charge in [0, 0.05) is 0 Å². The summed E-state index contributed by atoms with van der Waals surface area (Å²) in [5.74, 6) is 0.641. The maximum atomic E-state index is 12.3. The molecule has 1 nitrogen and oxygen atoms in total. The highest BCUT2D eigenvalue weighted by Crippen LogP contribution is 2.36. The van der Waals surface area contributed by atoms with Crippen LogP contribution in [0.1, 0.15) is 42.3 Å². The van der Waals surface area contributed by atoms with Crippen LogP contribution >= 0.6 is 0 Å². The first kappa shape index (κ1) is 10.6. The molecule has 1 aliphatic rings. The molecule has 1 aliphatic carbocycles. The Bertz CT molecular complexity index is 317. The SMILES string of the molecule is NC(c1ccc(C2CCC2)cc1)C(F)F. The maximum absolute atomic E-state index is 12.3. The maximum Gasteiger partial charge on any atom is 0.257 e. The molecule has 0 spiro atoms. The van der Waals surface area contributed by atoms with Crippen LogP contribution in [0.3, 0.4) is 0 Å². The van der Waals surface area contributed by atoms with Gasteiger partial charge in [-0.05, 0) is 29.9 Å². The topological polar surface area (TPSA) is 26.0 Å². The average Bonchev–Trinajstić information content (AvgIpc) is 2.15. The fourth-order valence-corrected chi connectivity index (χ4v) is 1.88. The highest BCUT2D eigenvalue weighted by atomic mass is 19.3. The van der Waals surface area contributed by atoms with Gasteiger partial charge < -0.3 is 5.73 Å². The molecular formula is C12H15F2N. The number of nitrogens with two attached hydrogens (primary N) is 1. The molecule has 0 bridgehead atoms. The smallest absolute Gasteiger partial charge is 0.257 e. The van der Waals surface area contributed by atoms with Crippen molar-refractivity contribution in [3.63, 3.8) is 0 Å². The molecule has 0 aromatic heterocycles. The first-order chi connectivity index (χ1) is 7.18. The molecule has 0 radical (unpaired) electrons. The van der Waals surface area contributed by atoms with Gasteiger partial charge >= 0.3 is 0 Å². The van der Waals surface area contributed by atoms with Gasteiger partial charge in [0.15, 0.2) is 0 Å². The van der Waals surface area contributed by atoms with Crippen molar-refractivity contribution in [3.8, 4) is 0 Å². The second-order valence-electron chi connectivity index (χ2n) is 4.15.